The first-order chi connectivity index (χ1) is 17.0. The number of fused-ring (bicyclic) bond motifs is 1. The largest absolute Gasteiger partial charge is 0.383 e. The lowest BCUT2D eigenvalue weighted by atomic mass is 10.1. The molecule has 1 amide bonds. The highest BCUT2D eigenvalue weighted by Gasteiger charge is 2.29. The van der Waals surface area contributed by atoms with E-state index < -0.39 is 17.8 Å². The zero-order chi connectivity index (χ0) is 24.9. The number of methoxy groups -OCH3 is 1. The average Bonchev–Trinajstić information content (AvgIpc) is 2.89. The van der Waals surface area contributed by atoms with E-state index in [1.54, 1.807) is 41.8 Å². The van der Waals surface area contributed by atoms with Gasteiger partial charge in [-0.1, -0.05) is 49.4 Å². The number of carbonyl (C=O) groups excluding carboxylic acids is 1. The van der Waals surface area contributed by atoms with E-state index in [9.17, 15) is 14.0 Å². The van der Waals surface area contributed by atoms with Gasteiger partial charge in [-0.15, -0.1) is 0 Å². The fourth-order valence-electron chi connectivity index (χ4n) is 4.28. The van der Waals surface area contributed by atoms with Crippen LogP contribution in [0.4, 0.5) is 4.39 Å². The number of nitrogens with zero attached hydrogens (tertiary/aromatic N) is 3. The fourth-order valence-corrected chi connectivity index (χ4v) is 4.28. The molecule has 1 heterocycles. The SMILES string of the molecule is CCc1ccccc1-n1c(C(C)N(CCOC)C(=O)c2ccccc2F)nc2ccccc2c1=O. The first kappa shape index (κ1) is 24.3. The van der Waals surface area contributed by atoms with Crippen molar-refractivity contribution in [1.29, 1.82) is 0 Å². The Labute approximate surface area is 203 Å². The molecule has 4 rings (SSSR count). The number of amides is 1. The Morgan fingerprint density at radius 1 is 1.06 bits per heavy atom. The molecule has 3 aromatic carbocycles. The van der Waals surface area contributed by atoms with Crippen LogP contribution in [0.2, 0.25) is 0 Å². The molecule has 1 atom stereocenters. The number of rotatable bonds is 8. The summed E-state index contributed by atoms with van der Waals surface area (Å²) >= 11 is 0. The third-order valence-corrected chi connectivity index (χ3v) is 6.16. The Morgan fingerprint density at radius 3 is 2.49 bits per heavy atom. The average molecular weight is 474 g/mol. The lowest BCUT2D eigenvalue weighted by Gasteiger charge is -2.31. The number of hydrogen-bond acceptors (Lipinski definition) is 4. The summed E-state index contributed by atoms with van der Waals surface area (Å²) in [5, 5.41) is 0.484. The predicted molar refractivity (Wildman–Crippen MR) is 134 cm³/mol. The smallest absolute Gasteiger partial charge is 0.266 e. The van der Waals surface area contributed by atoms with Gasteiger partial charge in [-0.05, 0) is 49.2 Å². The monoisotopic (exact) mass is 473 g/mol. The van der Waals surface area contributed by atoms with Crippen LogP contribution >= 0.6 is 0 Å². The molecule has 0 aliphatic carbocycles. The Kier molecular flexibility index (Phi) is 7.36. The van der Waals surface area contributed by atoms with E-state index in [4.69, 9.17) is 9.72 Å². The second-order valence-electron chi connectivity index (χ2n) is 8.26. The van der Waals surface area contributed by atoms with Crippen molar-refractivity contribution in [1.82, 2.24) is 14.5 Å². The fraction of sp³-hybridized carbons (Fsp3) is 0.250. The van der Waals surface area contributed by atoms with Gasteiger partial charge in [0, 0.05) is 13.7 Å². The zero-order valence-electron chi connectivity index (χ0n) is 20.1. The van der Waals surface area contributed by atoms with Gasteiger partial charge in [-0.2, -0.15) is 0 Å². The van der Waals surface area contributed by atoms with E-state index in [1.165, 1.54) is 24.1 Å². The van der Waals surface area contributed by atoms with Crippen LogP contribution < -0.4 is 5.56 Å². The molecule has 35 heavy (non-hydrogen) atoms. The minimum absolute atomic E-state index is 0.0425. The number of carbonyl (C=O) groups is 1. The number of ether oxygens (including phenoxy) is 1. The lowest BCUT2D eigenvalue weighted by Crippen LogP contribution is -2.39. The summed E-state index contributed by atoms with van der Waals surface area (Å²) in [7, 11) is 1.54. The molecule has 0 fully saturated rings. The van der Waals surface area contributed by atoms with Gasteiger partial charge < -0.3 is 9.64 Å². The zero-order valence-corrected chi connectivity index (χ0v) is 20.1. The maximum absolute atomic E-state index is 14.6. The molecular formula is C28H28FN3O3. The van der Waals surface area contributed by atoms with Gasteiger partial charge in [0.15, 0.2) is 0 Å². The molecule has 0 aliphatic rings. The summed E-state index contributed by atoms with van der Waals surface area (Å²) < 4.78 is 21.4. The number of aryl methyl sites for hydroxylation is 1. The molecule has 0 saturated carbocycles. The van der Waals surface area contributed by atoms with Crippen LogP contribution in [0.1, 0.15) is 41.6 Å². The number of hydrogen-bond donors (Lipinski definition) is 0. The van der Waals surface area contributed by atoms with Crippen molar-refractivity contribution < 1.29 is 13.9 Å². The Balaban J connectivity index is 1.95. The summed E-state index contributed by atoms with van der Waals surface area (Å²) in [5.41, 5.74) is 1.96. The third-order valence-electron chi connectivity index (χ3n) is 6.16. The van der Waals surface area contributed by atoms with Gasteiger partial charge in [0.2, 0.25) is 0 Å². The molecular weight excluding hydrogens is 445 g/mol. The normalized spacial score (nSPS) is 12.0. The molecule has 6 nitrogen and oxygen atoms in total. The number of benzene rings is 3. The van der Waals surface area contributed by atoms with Crippen molar-refractivity contribution in [2.24, 2.45) is 0 Å². The van der Waals surface area contributed by atoms with Crippen LogP contribution in [0, 0.1) is 5.82 Å². The lowest BCUT2D eigenvalue weighted by molar-refractivity contribution is 0.0601. The molecule has 0 bridgehead atoms. The van der Waals surface area contributed by atoms with Crippen molar-refractivity contribution in [3.63, 3.8) is 0 Å². The molecule has 1 unspecified atom stereocenters. The molecule has 7 heteroatoms. The number of halogens is 1. The minimum Gasteiger partial charge on any atom is -0.383 e. The first-order valence-corrected chi connectivity index (χ1v) is 11.6. The molecule has 0 radical (unpaired) electrons. The minimum atomic E-state index is -0.653. The Bertz CT molecular complexity index is 1420. The van der Waals surface area contributed by atoms with Gasteiger partial charge in [0.25, 0.3) is 11.5 Å². The maximum atomic E-state index is 14.6. The Hall–Kier alpha value is -3.84. The highest BCUT2D eigenvalue weighted by Crippen LogP contribution is 2.26. The van der Waals surface area contributed by atoms with Gasteiger partial charge >= 0.3 is 0 Å². The van der Waals surface area contributed by atoms with Crippen molar-refractivity contribution in [2.45, 2.75) is 26.3 Å². The third kappa shape index (κ3) is 4.72. The Morgan fingerprint density at radius 2 is 1.74 bits per heavy atom. The van der Waals surface area contributed by atoms with Crippen molar-refractivity contribution in [3.05, 3.63) is 106 Å². The molecule has 1 aromatic heterocycles. The van der Waals surface area contributed by atoms with Crippen LogP contribution in [0.5, 0.6) is 0 Å². The van der Waals surface area contributed by atoms with Gasteiger partial charge in [-0.3, -0.25) is 14.2 Å². The van der Waals surface area contributed by atoms with Crippen LogP contribution in [0.3, 0.4) is 0 Å². The van der Waals surface area contributed by atoms with Crippen molar-refractivity contribution >= 4 is 16.8 Å². The molecule has 0 saturated heterocycles. The predicted octanol–water partition coefficient (Wildman–Crippen LogP) is 4.94. The quantitative estimate of drug-likeness (QED) is 0.364. The van der Waals surface area contributed by atoms with Crippen molar-refractivity contribution in [2.75, 3.05) is 20.3 Å². The van der Waals surface area contributed by atoms with E-state index in [1.807, 2.05) is 37.3 Å². The highest BCUT2D eigenvalue weighted by molar-refractivity contribution is 5.94. The van der Waals surface area contributed by atoms with E-state index in [0.717, 1.165) is 5.56 Å². The van der Waals surface area contributed by atoms with Gasteiger partial charge in [0.05, 0.1) is 34.8 Å². The van der Waals surface area contributed by atoms with Gasteiger partial charge in [0.1, 0.15) is 11.6 Å². The van der Waals surface area contributed by atoms with E-state index >= 15 is 0 Å². The number of aromatic nitrogens is 2. The second-order valence-corrected chi connectivity index (χ2v) is 8.26. The van der Waals surface area contributed by atoms with E-state index in [2.05, 4.69) is 0 Å². The molecule has 0 N–H and O–H groups in total. The van der Waals surface area contributed by atoms with Crippen LogP contribution in [0.15, 0.2) is 77.6 Å². The van der Waals surface area contributed by atoms with E-state index in [-0.39, 0.29) is 24.3 Å². The van der Waals surface area contributed by atoms with Crippen LogP contribution in [-0.4, -0.2) is 40.6 Å². The standard InChI is InChI=1S/C28H28FN3O3/c1-4-20-11-5-10-16-25(20)32-26(30-24-15-9-7-13-22(24)28(32)34)19(2)31(17-18-35-3)27(33)21-12-6-8-14-23(21)29/h5-16,19H,4,17-18H2,1-3H3. The van der Waals surface area contributed by atoms with Crippen LogP contribution in [0.25, 0.3) is 16.6 Å². The molecule has 180 valence electrons. The summed E-state index contributed by atoms with van der Waals surface area (Å²) in [5.74, 6) is -0.701. The summed E-state index contributed by atoms with van der Waals surface area (Å²) in [6.07, 6.45) is 0.713. The molecule has 4 aromatic rings. The topological polar surface area (TPSA) is 64.4 Å². The van der Waals surface area contributed by atoms with Crippen molar-refractivity contribution in [3.8, 4) is 5.69 Å². The molecule has 0 aliphatic heterocycles. The number of para-hydroxylation sites is 2. The summed E-state index contributed by atoms with van der Waals surface area (Å²) in [6, 6.07) is 20.0. The first-order valence-electron chi connectivity index (χ1n) is 11.6. The molecule has 0 spiro atoms. The second kappa shape index (κ2) is 10.6. The summed E-state index contributed by atoms with van der Waals surface area (Å²) in [6.45, 7) is 4.26. The highest BCUT2D eigenvalue weighted by atomic mass is 19.1. The van der Waals surface area contributed by atoms with Crippen LogP contribution in [-0.2, 0) is 11.2 Å². The summed E-state index contributed by atoms with van der Waals surface area (Å²) in [4.78, 5) is 33.7. The maximum Gasteiger partial charge on any atom is 0.266 e. The van der Waals surface area contributed by atoms with E-state index in [0.29, 0.717) is 28.8 Å². The van der Waals surface area contributed by atoms with Gasteiger partial charge in [-0.25, -0.2) is 9.37 Å².